The zero-order chi connectivity index (χ0) is 15.9. The molecule has 1 aromatic rings. The van der Waals surface area contributed by atoms with Crippen LogP contribution in [0.1, 0.15) is 31.2 Å². The molecule has 0 amide bonds. The molecule has 22 heavy (non-hydrogen) atoms. The van der Waals surface area contributed by atoms with Gasteiger partial charge in [0.05, 0.1) is 6.04 Å². The largest absolute Gasteiger partial charge is 0.328 e. The predicted molar refractivity (Wildman–Crippen MR) is 81.3 cm³/mol. The van der Waals surface area contributed by atoms with Gasteiger partial charge in [-0.1, -0.05) is 30.3 Å². The van der Waals surface area contributed by atoms with Crippen LogP contribution in [0.15, 0.2) is 30.3 Å². The van der Waals surface area contributed by atoms with Crippen molar-refractivity contribution >= 4 is 5.78 Å². The van der Waals surface area contributed by atoms with Gasteiger partial charge in [0.2, 0.25) is 0 Å². The van der Waals surface area contributed by atoms with E-state index >= 15 is 0 Å². The van der Waals surface area contributed by atoms with E-state index in [9.17, 15) is 4.79 Å². The number of carbonyl (C=O) groups excluding carboxylic acids is 1. The van der Waals surface area contributed by atoms with Gasteiger partial charge >= 0.3 is 0 Å². The van der Waals surface area contributed by atoms with Crippen LogP contribution in [0.2, 0.25) is 0 Å². The molecule has 2 bridgehead atoms. The summed E-state index contributed by atoms with van der Waals surface area (Å²) in [6.07, 6.45) is 5.49. The highest BCUT2D eigenvalue weighted by Gasteiger charge is 2.40. The quantitative estimate of drug-likeness (QED) is 0.682. The maximum absolute atomic E-state index is 12.2. The molecule has 0 aliphatic carbocycles. The molecule has 3 aliphatic rings. The van der Waals surface area contributed by atoms with Gasteiger partial charge in [0.15, 0.2) is 5.78 Å². The third-order valence-electron chi connectivity index (χ3n) is 4.49. The molecule has 120 valence electrons. The van der Waals surface area contributed by atoms with Crippen molar-refractivity contribution in [3.05, 3.63) is 46.0 Å². The number of nitrogens with zero attached hydrogens (tertiary/aromatic N) is 2. The Morgan fingerprint density at radius 3 is 2.36 bits per heavy atom. The number of hydrogen-bond acceptors (Lipinski definition) is 4. The zero-order valence-corrected chi connectivity index (χ0v) is 12.6. The standard InChI is InChI=1S/C16H21NO.HNO3/c18-16-14-9-11-17(12-10-14)15(16)8-4-7-13-5-2-1-3-6-13;2-1(3)4/h1-3,5-6,14-15H,4,7-12H2;(H,2,3,4). The van der Waals surface area contributed by atoms with Crippen LogP contribution in [0, 0.1) is 16.0 Å². The molecule has 3 heterocycles. The van der Waals surface area contributed by atoms with Crippen molar-refractivity contribution in [1.82, 2.24) is 4.90 Å². The normalized spacial score (nSPS) is 26.2. The lowest BCUT2D eigenvalue weighted by Crippen LogP contribution is -2.55. The number of Topliss-reactive ketones (excluding diaryl/α,β-unsaturated/α-hetero) is 1. The third-order valence-corrected chi connectivity index (χ3v) is 4.49. The van der Waals surface area contributed by atoms with E-state index in [2.05, 4.69) is 35.2 Å². The fourth-order valence-corrected chi connectivity index (χ4v) is 3.42. The van der Waals surface area contributed by atoms with E-state index in [0.717, 1.165) is 45.2 Å². The molecule has 1 unspecified atom stereocenters. The maximum Gasteiger partial charge on any atom is 0.291 e. The van der Waals surface area contributed by atoms with Crippen LogP contribution < -0.4 is 0 Å². The van der Waals surface area contributed by atoms with Crippen LogP contribution in [0.4, 0.5) is 0 Å². The Hall–Kier alpha value is -1.95. The number of rotatable bonds is 4. The molecule has 3 saturated heterocycles. The summed E-state index contributed by atoms with van der Waals surface area (Å²) < 4.78 is 0. The minimum absolute atomic E-state index is 0.237. The summed E-state index contributed by atoms with van der Waals surface area (Å²) in [4.78, 5) is 23.0. The highest BCUT2D eigenvalue weighted by Crippen LogP contribution is 2.31. The van der Waals surface area contributed by atoms with Gasteiger partial charge in [0.25, 0.3) is 5.09 Å². The SMILES string of the molecule is O=C1C2CCN(CC2)C1CCCc1ccccc1.O=[N+]([O-])O. The van der Waals surface area contributed by atoms with Crippen molar-refractivity contribution in [3.8, 4) is 0 Å². The number of carbonyl (C=O) groups is 1. The van der Waals surface area contributed by atoms with Gasteiger partial charge in [-0.15, -0.1) is 10.1 Å². The van der Waals surface area contributed by atoms with Crippen LogP contribution in [0.25, 0.3) is 0 Å². The first-order valence-electron chi connectivity index (χ1n) is 7.73. The van der Waals surface area contributed by atoms with E-state index in [-0.39, 0.29) is 6.04 Å². The Morgan fingerprint density at radius 1 is 1.23 bits per heavy atom. The van der Waals surface area contributed by atoms with Gasteiger partial charge in [-0.05, 0) is 50.8 Å². The monoisotopic (exact) mass is 306 g/mol. The fraction of sp³-hybridized carbons (Fsp3) is 0.562. The van der Waals surface area contributed by atoms with Gasteiger partial charge in [-0.25, -0.2) is 0 Å². The van der Waals surface area contributed by atoms with Crippen molar-refractivity contribution in [3.63, 3.8) is 0 Å². The van der Waals surface area contributed by atoms with Crippen LogP contribution in [-0.4, -0.2) is 40.1 Å². The van der Waals surface area contributed by atoms with Crippen LogP contribution >= 0.6 is 0 Å². The minimum Gasteiger partial charge on any atom is -0.328 e. The Morgan fingerprint density at radius 2 is 1.82 bits per heavy atom. The third kappa shape index (κ3) is 4.53. The van der Waals surface area contributed by atoms with Gasteiger partial charge in [-0.3, -0.25) is 9.69 Å². The molecule has 0 saturated carbocycles. The van der Waals surface area contributed by atoms with E-state index in [1.54, 1.807) is 0 Å². The number of hydrogen-bond donors (Lipinski definition) is 1. The summed E-state index contributed by atoms with van der Waals surface area (Å²) in [5, 5.41) is 13.6. The smallest absolute Gasteiger partial charge is 0.291 e. The second kappa shape index (κ2) is 7.89. The molecule has 6 nitrogen and oxygen atoms in total. The molecule has 3 fully saturated rings. The van der Waals surface area contributed by atoms with Crippen molar-refractivity contribution in [2.75, 3.05) is 13.1 Å². The highest BCUT2D eigenvalue weighted by molar-refractivity contribution is 5.87. The summed E-state index contributed by atoms with van der Waals surface area (Å²) in [6, 6.07) is 10.8. The first-order valence-corrected chi connectivity index (χ1v) is 7.73. The van der Waals surface area contributed by atoms with Gasteiger partial charge in [0, 0.05) is 5.92 Å². The van der Waals surface area contributed by atoms with Crippen LogP contribution in [0.3, 0.4) is 0 Å². The summed E-state index contributed by atoms with van der Waals surface area (Å²) in [5.41, 5.74) is 1.39. The van der Waals surface area contributed by atoms with Gasteiger partial charge in [-0.2, -0.15) is 0 Å². The fourth-order valence-electron chi connectivity index (χ4n) is 3.42. The summed E-state index contributed by atoms with van der Waals surface area (Å²) in [5.74, 6) is 0.914. The lowest BCUT2D eigenvalue weighted by molar-refractivity contribution is -0.742. The van der Waals surface area contributed by atoms with Crippen molar-refractivity contribution in [1.29, 1.82) is 0 Å². The average Bonchev–Trinajstić information content (AvgIpc) is 2.51. The molecule has 0 aromatic heterocycles. The van der Waals surface area contributed by atoms with Gasteiger partial charge in [0.1, 0.15) is 0 Å². The molecule has 4 rings (SSSR count). The second-order valence-electron chi connectivity index (χ2n) is 5.84. The number of piperidine rings is 3. The first-order chi connectivity index (χ1) is 10.6. The first kappa shape index (κ1) is 16.4. The Bertz CT molecular complexity index is 494. The highest BCUT2D eigenvalue weighted by atomic mass is 16.9. The molecule has 3 aliphatic heterocycles. The molecular weight excluding hydrogens is 284 g/mol. The Kier molecular flexibility index (Phi) is 5.89. The van der Waals surface area contributed by atoms with Crippen LogP contribution in [0.5, 0.6) is 0 Å². The summed E-state index contributed by atoms with van der Waals surface area (Å²) in [7, 11) is 0. The minimum atomic E-state index is -1.50. The van der Waals surface area contributed by atoms with E-state index in [0.29, 0.717) is 11.7 Å². The molecule has 0 spiro atoms. The number of ketones is 1. The van der Waals surface area contributed by atoms with Crippen molar-refractivity contribution < 1.29 is 15.1 Å². The molecule has 1 aromatic carbocycles. The molecular formula is C16H22N2O4. The van der Waals surface area contributed by atoms with E-state index in [1.165, 1.54) is 5.56 Å². The number of benzene rings is 1. The lowest BCUT2D eigenvalue weighted by atomic mass is 9.80. The second-order valence-corrected chi connectivity index (χ2v) is 5.84. The molecule has 1 N–H and O–H groups in total. The predicted octanol–water partition coefficient (Wildman–Crippen LogP) is 2.32. The topological polar surface area (TPSA) is 83.7 Å². The van der Waals surface area contributed by atoms with E-state index in [4.69, 9.17) is 15.3 Å². The van der Waals surface area contributed by atoms with Crippen molar-refractivity contribution in [2.45, 2.75) is 38.1 Å². The van der Waals surface area contributed by atoms with Crippen LogP contribution in [-0.2, 0) is 11.2 Å². The van der Waals surface area contributed by atoms with E-state index < -0.39 is 5.09 Å². The lowest BCUT2D eigenvalue weighted by Gasteiger charge is -2.44. The average molecular weight is 306 g/mol. The van der Waals surface area contributed by atoms with E-state index in [1.807, 2.05) is 0 Å². The molecule has 0 radical (unpaired) electrons. The Balaban J connectivity index is 0.000000396. The number of fused-ring (bicyclic) bond motifs is 3. The van der Waals surface area contributed by atoms with Crippen molar-refractivity contribution in [2.24, 2.45) is 5.92 Å². The molecule has 1 atom stereocenters. The summed E-state index contributed by atoms with van der Waals surface area (Å²) >= 11 is 0. The Labute approximate surface area is 129 Å². The zero-order valence-electron chi connectivity index (χ0n) is 12.6. The maximum atomic E-state index is 12.2. The number of aryl methyl sites for hydroxylation is 1. The molecule has 6 heteroatoms. The summed E-state index contributed by atoms with van der Waals surface area (Å²) in [6.45, 7) is 2.29. The van der Waals surface area contributed by atoms with Gasteiger partial charge < -0.3 is 5.21 Å².